The molecule has 2 atom stereocenters. The average molecular weight is 395 g/mol. The lowest BCUT2D eigenvalue weighted by Crippen LogP contribution is -2.51. The Kier molecular flexibility index (Phi) is 10.6. The lowest BCUT2D eigenvalue weighted by molar-refractivity contribution is -0.140. The number of benzene rings is 1. The second-order valence-corrected chi connectivity index (χ2v) is 7.71. The molecular weight excluding hydrogens is 364 g/mol. The molecule has 0 heterocycles. The topological polar surface area (TPSA) is 84.5 Å². The van der Waals surface area contributed by atoms with Crippen LogP contribution >= 0.6 is 11.8 Å². The van der Waals surface area contributed by atoms with Crippen LogP contribution in [0.1, 0.15) is 39.2 Å². The molecule has 0 fully saturated rings. The van der Waals surface area contributed by atoms with E-state index in [4.69, 9.17) is 4.74 Å². The van der Waals surface area contributed by atoms with Gasteiger partial charge in [-0.15, -0.1) is 0 Å². The largest absolute Gasteiger partial charge is 0.425 e. The van der Waals surface area contributed by atoms with Crippen molar-refractivity contribution in [1.82, 2.24) is 10.6 Å². The number of esters is 1. The highest BCUT2D eigenvalue weighted by molar-refractivity contribution is 7.98. The molecule has 2 unspecified atom stereocenters. The van der Waals surface area contributed by atoms with Crippen molar-refractivity contribution in [1.29, 1.82) is 0 Å². The number of rotatable bonds is 12. The number of carbonyl (C=O) groups is 3. The van der Waals surface area contributed by atoms with Crippen molar-refractivity contribution in [2.45, 2.75) is 52.1 Å². The predicted octanol–water partition coefficient (Wildman–Crippen LogP) is 2.55. The minimum absolute atomic E-state index is 0.189. The number of carbonyl (C=O) groups excluding carboxylic acids is 3. The summed E-state index contributed by atoms with van der Waals surface area (Å²) in [5.41, 5.74) is 1.15. The summed E-state index contributed by atoms with van der Waals surface area (Å²) in [6.45, 7) is 5.99. The van der Waals surface area contributed by atoms with Gasteiger partial charge in [0.15, 0.2) is 0 Å². The van der Waals surface area contributed by atoms with Gasteiger partial charge in [-0.2, -0.15) is 11.8 Å². The molecule has 6 nitrogen and oxygen atoms in total. The Morgan fingerprint density at radius 3 is 2.37 bits per heavy atom. The Bertz CT molecular complexity index is 605. The van der Waals surface area contributed by atoms with Crippen LogP contribution in [0.2, 0.25) is 0 Å². The molecule has 0 saturated heterocycles. The second kappa shape index (κ2) is 12.4. The molecule has 7 heteroatoms. The van der Waals surface area contributed by atoms with E-state index in [1.54, 1.807) is 23.9 Å². The summed E-state index contributed by atoms with van der Waals surface area (Å²) in [7, 11) is 0. The highest BCUT2D eigenvalue weighted by Gasteiger charge is 2.27. The molecule has 150 valence electrons. The molecule has 1 aromatic rings. The molecule has 0 aliphatic heterocycles. The van der Waals surface area contributed by atoms with Gasteiger partial charge in [0.2, 0.25) is 12.3 Å². The van der Waals surface area contributed by atoms with Crippen molar-refractivity contribution in [2.24, 2.45) is 5.92 Å². The first kappa shape index (κ1) is 23.0. The standard InChI is InChI=1S/C20H30N2O4S/c1-5-15-6-8-16(9-7-15)26-20(25)18(12-14(2)3)22-19(24)17(21-13-23)10-11-27-4/h6-9,13-14,17-18H,5,10-12H2,1-4H3,(H,21,23)(H,22,24). The first-order chi connectivity index (χ1) is 12.9. The van der Waals surface area contributed by atoms with Gasteiger partial charge < -0.3 is 15.4 Å². The van der Waals surface area contributed by atoms with E-state index >= 15 is 0 Å². The van der Waals surface area contributed by atoms with Crippen LogP contribution in [0.5, 0.6) is 5.75 Å². The quantitative estimate of drug-likeness (QED) is 0.323. The molecule has 0 saturated carbocycles. The summed E-state index contributed by atoms with van der Waals surface area (Å²) < 4.78 is 5.45. The summed E-state index contributed by atoms with van der Waals surface area (Å²) in [5, 5.41) is 5.26. The first-order valence-electron chi connectivity index (χ1n) is 9.20. The average Bonchev–Trinajstić information content (AvgIpc) is 2.64. The van der Waals surface area contributed by atoms with E-state index in [-0.39, 0.29) is 11.8 Å². The Balaban J connectivity index is 2.80. The Labute approximate surface area is 165 Å². The zero-order valence-corrected chi connectivity index (χ0v) is 17.3. The second-order valence-electron chi connectivity index (χ2n) is 6.73. The fourth-order valence-corrected chi connectivity index (χ4v) is 3.02. The summed E-state index contributed by atoms with van der Waals surface area (Å²) in [6, 6.07) is 5.88. The van der Waals surface area contributed by atoms with E-state index in [0.29, 0.717) is 25.0 Å². The van der Waals surface area contributed by atoms with E-state index < -0.39 is 18.1 Å². The van der Waals surface area contributed by atoms with Crippen LogP contribution in [-0.2, 0) is 20.8 Å². The third kappa shape index (κ3) is 8.47. The Morgan fingerprint density at radius 1 is 1.19 bits per heavy atom. The van der Waals surface area contributed by atoms with Crippen molar-refractivity contribution < 1.29 is 19.1 Å². The molecule has 2 amide bonds. The summed E-state index contributed by atoms with van der Waals surface area (Å²) in [6.07, 6.45) is 4.29. The van der Waals surface area contributed by atoms with Gasteiger partial charge in [0, 0.05) is 0 Å². The zero-order chi connectivity index (χ0) is 20.2. The van der Waals surface area contributed by atoms with E-state index in [0.717, 1.165) is 17.7 Å². The molecule has 1 rings (SSSR count). The maximum Gasteiger partial charge on any atom is 0.334 e. The van der Waals surface area contributed by atoms with Gasteiger partial charge in [0.05, 0.1) is 0 Å². The Hall–Kier alpha value is -2.02. The van der Waals surface area contributed by atoms with Crippen molar-refractivity contribution in [3.8, 4) is 5.75 Å². The number of hydrogen-bond donors (Lipinski definition) is 2. The molecule has 0 aliphatic carbocycles. The van der Waals surface area contributed by atoms with Gasteiger partial charge >= 0.3 is 5.97 Å². The van der Waals surface area contributed by atoms with Gasteiger partial charge in [0.25, 0.3) is 0 Å². The zero-order valence-electron chi connectivity index (χ0n) is 16.5. The SMILES string of the molecule is CCc1ccc(OC(=O)C(CC(C)C)NC(=O)C(CCSC)NC=O)cc1. The van der Waals surface area contributed by atoms with Crippen LogP contribution < -0.4 is 15.4 Å². The fraction of sp³-hybridized carbons (Fsp3) is 0.550. The van der Waals surface area contributed by atoms with Gasteiger partial charge in [-0.25, -0.2) is 4.79 Å². The molecule has 0 spiro atoms. The lowest BCUT2D eigenvalue weighted by atomic mass is 10.0. The molecule has 0 aliphatic rings. The van der Waals surface area contributed by atoms with E-state index in [1.807, 2.05) is 32.2 Å². The van der Waals surface area contributed by atoms with Crippen molar-refractivity contribution in [2.75, 3.05) is 12.0 Å². The van der Waals surface area contributed by atoms with E-state index in [9.17, 15) is 14.4 Å². The number of aryl methyl sites for hydroxylation is 1. The van der Waals surface area contributed by atoms with Crippen LogP contribution in [0.25, 0.3) is 0 Å². The predicted molar refractivity (Wildman–Crippen MR) is 109 cm³/mol. The minimum atomic E-state index is -0.770. The highest BCUT2D eigenvalue weighted by atomic mass is 32.2. The molecule has 0 aromatic heterocycles. The van der Waals surface area contributed by atoms with E-state index in [1.165, 1.54) is 0 Å². The van der Waals surface area contributed by atoms with Crippen LogP contribution in [0.4, 0.5) is 0 Å². The smallest absolute Gasteiger partial charge is 0.334 e. The molecule has 27 heavy (non-hydrogen) atoms. The Morgan fingerprint density at radius 2 is 1.85 bits per heavy atom. The summed E-state index contributed by atoms with van der Waals surface area (Å²) >= 11 is 1.59. The number of hydrogen-bond acceptors (Lipinski definition) is 5. The molecular formula is C20H30N2O4S. The number of amides is 2. The van der Waals surface area contributed by atoms with Gasteiger partial charge in [-0.1, -0.05) is 32.9 Å². The molecule has 0 bridgehead atoms. The maximum atomic E-state index is 12.6. The highest BCUT2D eigenvalue weighted by Crippen LogP contribution is 2.15. The van der Waals surface area contributed by atoms with Crippen LogP contribution in [0.3, 0.4) is 0 Å². The molecule has 1 aromatic carbocycles. The first-order valence-corrected chi connectivity index (χ1v) is 10.6. The van der Waals surface area contributed by atoms with Gasteiger partial charge in [-0.3, -0.25) is 9.59 Å². The fourth-order valence-electron chi connectivity index (χ4n) is 2.55. The third-order valence-electron chi connectivity index (χ3n) is 4.05. The number of thioether (sulfide) groups is 1. The monoisotopic (exact) mass is 394 g/mol. The van der Waals surface area contributed by atoms with Gasteiger partial charge in [-0.05, 0) is 54.9 Å². The van der Waals surface area contributed by atoms with Crippen LogP contribution in [0.15, 0.2) is 24.3 Å². The lowest BCUT2D eigenvalue weighted by Gasteiger charge is -2.22. The number of nitrogens with one attached hydrogen (secondary N) is 2. The van der Waals surface area contributed by atoms with Gasteiger partial charge in [0.1, 0.15) is 17.8 Å². The minimum Gasteiger partial charge on any atom is -0.425 e. The van der Waals surface area contributed by atoms with E-state index in [2.05, 4.69) is 17.6 Å². The normalized spacial score (nSPS) is 12.9. The van der Waals surface area contributed by atoms with Crippen LogP contribution in [-0.4, -0.2) is 42.4 Å². The molecule has 0 radical (unpaired) electrons. The molecule has 2 N–H and O–H groups in total. The van der Waals surface area contributed by atoms with Crippen molar-refractivity contribution in [3.63, 3.8) is 0 Å². The summed E-state index contributed by atoms with van der Waals surface area (Å²) in [5.74, 6) is 0.484. The maximum absolute atomic E-state index is 12.6. The number of ether oxygens (including phenoxy) is 1. The van der Waals surface area contributed by atoms with Crippen LogP contribution in [0, 0.1) is 5.92 Å². The van der Waals surface area contributed by atoms with Crippen molar-refractivity contribution >= 4 is 30.0 Å². The third-order valence-corrected chi connectivity index (χ3v) is 4.70. The van der Waals surface area contributed by atoms with Crippen molar-refractivity contribution in [3.05, 3.63) is 29.8 Å². The summed E-state index contributed by atoms with van der Waals surface area (Å²) in [4.78, 5) is 35.9.